The van der Waals surface area contributed by atoms with Gasteiger partial charge in [0, 0.05) is 18.0 Å². The van der Waals surface area contributed by atoms with Crippen molar-refractivity contribution in [2.75, 3.05) is 32.8 Å². The highest BCUT2D eigenvalue weighted by Crippen LogP contribution is 2.36. The van der Waals surface area contributed by atoms with Crippen molar-refractivity contribution in [2.45, 2.75) is 46.1 Å². The molecule has 0 amide bonds. The Balaban J connectivity index is 1.86. The van der Waals surface area contributed by atoms with Crippen molar-refractivity contribution >= 4 is 0 Å². The van der Waals surface area contributed by atoms with E-state index in [0.29, 0.717) is 5.41 Å². The van der Waals surface area contributed by atoms with Crippen LogP contribution in [0.5, 0.6) is 0 Å². The van der Waals surface area contributed by atoms with Crippen molar-refractivity contribution in [1.29, 1.82) is 0 Å². The van der Waals surface area contributed by atoms with E-state index in [-0.39, 0.29) is 11.5 Å². The molecule has 2 N–H and O–H groups in total. The predicted molar refractivity (Wildman–Crippen MR) is 71.0 cm³/mol. The van der Waals surface area contributed by atoms with E-state index in [0.717, 1.165) is 19.8 Å². The molecule has 0 aliphatic carbocycles. The molecule has 3 nitrogen and oxygen atoms in total. The molecular weight excluding hydrogens is 212 g/mol. The van der Waals surface area contributed by atoms with Crippen LogP contribution in [0.15, 0.2) is 0 Å². The number of hydrogen-bond acceptors (Lipinski definition) is 3. The lowest BCUT2D eigenvalue weighted by Gasteiger charge is -2.42. The van der Waals surface area contributed by atoms with Gasteiger partial charge in [0.2, 0.25) is 0 Å². The molecule has 0 aromatic rings. The molecule has 3 heteroatoms. The largest absolute Gasteiger partial charge is 0.379 e. The van der Waals surface area contributed by atoms with Gasteiger partial charge in [-0.1, -0.05) is 27.2 Å². The van der Waals surface area contributed by atoms with E-state index in [2.05, 4.69) is 25.7 Å². The van der Waals surface area contributed by atoms with Gasteiger partial charge in [-0.25, -0.2) is 0 Å². The maximum absolute atomic E-state index is 6.16. The minimum Gasteiger partial charge on any atom is -0.379 e. The van der Waals surface area contributed by atoms with Crippen LogP contribution >= 0.6 is 0 Å². The number of piperidine rings is 1. The van der Waals surface area contributed by atoms with E-state index in [1.54, 1.807) is 0 Å². The summed E-state index contributed by atoms with van der Waals surface area (Å²) in [6.07, 6.45) is 3.96. The molecule has 2 fully saturated rings. The summed E-state index contributed by atoms with van der Waals surface area (Å²) in [6, 6.07) is 0.210. The summed E-state index contributed by atoms with van der Waals surface area (Å²) in [7, 11) is 0. The fraction of sp³-hybridized carbons (Fsp3) is 1.00. The zero-order valence-electron chi connectivity index (χ0n) is 11.7. The van der Waals surface area contributed by atoms with Crippen LogP contribution in [-0.2, 0) is 4.74 Å². The van der Waals surface area contributed by atoms with Crippen molar-refractivity contribution < 1.29 is 4.74 Å². The van der Waals surface area contributed by atoms with Crippen molar-refractivity contribution in [3.05, 3.63) is 0 Å². The molecule has 2 saturated heterocycles. The maximum Gasteiger partial charge on any atom is 0.0624 e. The first kappa shape index (κ1) is 13.3. The third kappa shape index (κ3) is 2.83. The minimum atomic E-state index is 0.167. The second-order valence-corrected chi connectivity index (χ2v) is 6.72. The molecule has 0 bridgehead atoms. The first-order valence-corrected chi connectivity index (χ1v) is 7.03. The van der Waals surface area contributed by atoms with Gasteiger partial charge in [-0.15, -0.1) is 0 Å². The number of likely N-dealkylation sites (tertiary alicyclic amines) is 1. The summed E-state index contributed by atoms with van der Waals surface area (Å²) < 4.78 is 5.52. The van der Waals surface area contributed by atoms with Gasteiger partial charge in [0.25, 0.3) is 0 Å². The van der Waals surface area contributed by atoms with Crippen LogP contribution in [0.1, 0.15) is 40.0 Å². The molecule has 2 aliphatic rings. The number of ether oxygens (including phenoxy) is 1. The van der Waals surface area contributed by atoms with Gasteiger partial charge in [0.05, 0.1) is 13.2 Å². The quantitative estimate of drug-likeness (QED) is 0.818. The van der Waals surface area contributed by atoms with Crippen LogP contribution in [0.2, 0.25) is 0 Å². The Morgan fingerprint density at radius 2 is 1.94 bits per heavy atom. The number of nitrogens with two attached hydrogens (primary N) is 1. The van der Waals surface area contributed by atoms with Crippen LogP contribution in [0.4, 0.5) is 0 Å². The third-order valence-electron chi connectivity index (χ3n) is 5.13. The van der Waals surface area contributed by atoms with Crippen LogP contribution in [0.3, 0.4) is 0 Å². The number of hydrogen-bond donors (Lipinski definition) is 1. The van der Waals surface area contributed by atoms with E-state index in [4.69, 9.17) is 10.5 Å². The highest BCUT2D eigenvalue weighted by molar-refractivity contribution is 4.94. The fourth-order valence-electron chi connectivity index (χ4n) is 3.01. The minimum absolute atomic E-state index is 0.167. The molecule has 0 saturated carbocycles. The van der Waals surface area contributed by atoms with Gasteiger partial charge in [0.1, 0.15) is 0 Å². The van der Waals surface area contributed by atoms with E-state index >= 15 is 0 Å². The molecule has 2 rings (SSSR count). The Hall–Kier alpha value is -0.120. The normalized spacial score (nSPS) is 38.5. The second-order valence-electron chi connectivity index (χ2n) is 6.72. The van der Waals surface area contributed by atoms with Crippen LogP contribution in [-0.4, -0.2) is 43.8 Å². The molecule has 2 unspecified atom stereocenters. The molecule has 2 heterocycles. The summed E-state index contributed by atoms with van der Waals surface area (Å²) in [6.45, 7) is 12.1. The van der Waals surface area contributed by atoms with Gasteiger partial charge >= 0.3 is 0 Å². The lowest BCUT2D eigenvalue weighted by Crippen LogP contribution is -2.49. The molecule has 2 atom stereocenters. The Morgan fingerprint density at radius 3 is 2.41 bits per heavy atom. The van der Waals surface area contributed by atoms with Gasteiger partial charge in [-0.2, -0.15) is 0 Å². The summed E-state index contributed by atoms with van der Waals surface area (Å²) >= 11 is 0. The van der Waals surface area contributed by atoms with Crippen LogP contribution in [0, 0.1) is 10.8 Å². The fourth-order valence-corrected chi connectivity index (χ4v) is 3.01. The first-order valence-electron chi connectivity index (χ1n) is 7.03. The maximum atomic E-state index is 6.16. The molecular formula is C14H28N2O. The molecule has 0 aromatic heterocycles. The zero-order chi connectivity index (χ0) is 12.5. The number of rotatable bonds is 3. The van der Waals surface area contributed by atoms with E-state index < -0.39 is 0 Å². The lowest BCUT2D eigenvalue weighted by molar-refractivity contribution is 0.0662. The second kappa shape index (κ2) is 4.87. The Morgan fingerprint density at radius 1 is 1.29 bits per heavy atom. The SMILES string of the molecule is CCC1(C)CCN(CC2(C)COCC2N)CC1. The molecule has 17 heavy (non-hydrogen) atoms. The standard InChI is InChI=1S/C14H28N2O/c1-4-13(2)5-7-16(8-6-13)10-14(3)11-17-9-12(14)15/h12H,4-11,15H2,1-3H3. The smallest absolute Gasteiger partial charge is 0.0624 e. The Bertz CT molecular complexity index is 261. The van der Waals surface area contributed by atoms with Crippen LogP contribution < -0.4 is 5.73 Å². The molecule has 0 aromatic carbocycles. The first-order chi connectivity index (χ1) is 7.97. The van der Waals surface area contributed by atoms with Crippen molar-refractivity contribution in [3.63, 3.8) is 0 Å². The topological polar surface area (TPSA) is 38.5 Å². The van der Waals surface area contributed by atoms with Gasteiger partial charge < -0.3 is 15.4 Å². The molecule has 0 spiro atoms. The molecule has 100 valence electrons. The number of nitrogens with zero attached hydrogens (tertiary/aromatic N) is 1. The van der Waals surface area contributed by atoms with Crippen molar-refractivity contribution in [1.82, 2.24) is 4.90 Å². The summed E-state index contributed by atoms with van der Waals surface area (Å²) in [5.74, 6) is 0. The van der Waals surface area contributed by atoms with Gasteiger partial charge in [0.15, 0.2) is 0 Å². The average Bonchev–Trinajstić information content (AvgIpc) is 2.63. The van der Waals surface area contributed by atoms with E-state index in [1.807, 2.05) is 0 Å². The highest BCUT2D eigenvalue weighted by atomic mass is 16.5. The average molecular weight is 240 g/mol. The van der Waals surface area contributed by atoms with Crippen molar-refractivity contribution in [3.8, 4) is 0 Å². The third-order valence-corrected chi connectivity index (χ3v) is 5.13. The van der Waals surface area contributed by atoms with Crippen molar-refractivity contribution in [2.24, 2.45) is 16.6 Å². The van der Waals surface area contributed by atoms with E-state index in [1.165, 1.54) is 32.4 Å². The Kier molecular flexibility index (Phi) is 3.81. The summed E-state index contributed by atoms with van der Waals surface area (Å²) in [5.41, 5.74) is 6.90. The monoisotopic (exact) mass is 240 g/mol. The predicted octanol–water partition coefficient (Wildman–Crippen LogP) is 1.86. The lowest BCUT2D eigenvalue weighted by atomic mass is 9.77. The highest BCUT2D eigenvalue weighted by Gasteiger charge is 2.40. The summed E-state index contributed by atoms with van der Waals surface area (Å²) in [4.78, 5) is 2.59. The molecule has 2 aliphatic heterocycles. The van der Waals surface area contributed by atoms with E-state index in [9.17, 15) is 0 Å². The van der Waals surface area contributed by atoms with Gasteiger partial charge in [-0.3, -0.25) is 0 Å². The Labute approximate surface area is 106 Å². The molecule has 0 radical (unpaired) electrons. The summed E-state index contributed by atoms with van der Waals surface area (Å²) in [5, 5.41) is 0. The zero-order valence-corrected chi connectivity index (χ0v) is 11.7. The van der Waals surface area contributed by atoms with Gasteiger partial charge in [-0.05, 0) is 31.3 Å². The van der Waals surface area contributed by atoms with Crippen LogP contribution in [0.25, 0.3) is 0 Å².